The van der Waals surface area contributed by atoms with E-state index in [2.05, 4.69) is 15.6 Å². The standard InChI is InChI=1S/C29H23N3O4/c1-2-35-24-10-6-7-20(18-24)28(34)30-22-15-13-19(14-16-22)27(33)31-23-9-5-8-21(17-23)29-32-25-11-3-4-12-26(25)36-29/h3-18H,2H2,1H3,(H,30,34)(H,31,33). The van der Waals surface area contributed by atoms with Gasteiger partial charge in [-0.25, -0.2) is 4.98 Å². The van der Waals surface area contributed by atoms with E-state index in [-0.39, 0.29) is 11.8 Å². The van der Waals surface area contributed by atoms with Crippen molar-refractivity contribution in [1.29, 1.82) is 0 Å². The molecule has 178 valence electrons. The molecule has 0 aliphatic rings. The lowest BCUT2D eigenvalue weighted by Crippen LogP contribution is -2.14. The molecule has 0 bridgehead atoms. The third-order valence-electron chi connectivity index (χ3n) is 5.47. The van der Waals surface area contributed by atoms with Gasteiger partial charge in [0.05, 0.1) is 6.61 Å². The molecule has 7 nitrogen and oxygen atoms in total. The zero-order valence-electron chi connectivity index (χ0n) is 19.5. The van der Waals surface area contributed by atoms with Crippen LogP contribution in [0.5, 0.6) is 5.75 Å². The van der Waals surface area contributed by atoms with Gasteiger partial charge >= 0.3 is 0 Å². The molecule has 0 saturated heterocycles. The zero-order valence-corrected chi connectivity index (χ0v) is 19.5. The van der Waals surface area contributed by atoms with Crippen LogP contribution in [0.4, 0.5) is 11.4 Å². The monoisotopic (exact) mass is 477 g/mol. The highest BCUT2D eigenvalue weighted by molar-refractivity contribution is 6.06. The number of anilines is 2. The Bertz CT molecular complexity index is 1510. The molecule has 4 aromatic carbocycles. The number of fused-ring (bicyclic) bond motifs is 1. The topological polar surface area (TPSA) is 93.5 Å². The number of oxazole rings is 1. The van der Waals surface area contributed by atoms with Crippen molar-refractivity contribution >= 4 is 34.3 Å². The van der Waals surface area contributed by atoms with Crippen LogP contribution in [0.25, 0.3) is 22.6 Å². The van der Waals surface area contributed by atoms with E-state index in [0.717, 1.165) is 11.1 Å². The summed E-state index contributed by atoms with van der Waals surface area (Å²) < 4.78 is 11.3. The highest BCUT2D eigenvalue weighted by Crippen LogP contribution is 2.26. The Balaban J connectivity index is 1.25. The second-order valence-corrected chi connectivity index (χ2v) is 8.01. The predicted molar refractivity (Wildman–Crippen MR) is 139 cm³/mol. The summed E-state index contributed by atoms with van der Waals surface area (Å²) >= 11 is 0. The van der Waals surface area contributed by atoms with Gasteiger partial charge in [0.2, 0.25) is 5.89 Å². The number of nitrogens with zero attached hydrogens (tertiary/aromatic N) is 1. The Morgan fingerprint density at radius 2 is 1.53 bits per heavy atom. The summed E-state index contributed by atoms with van der Waals surface area (Å²) in [5.41, 5.74) is 4.38. The van der Waals surface area contributed by atoms with Crippen molar-refractivity contribution in [2.45, 2.75) is 6.92 Å². The number of hydrogen-bond donors (Lipinski definition) is 2. The lowest BCUT2D eigenvalue weighted by molar-refractivity contribution is 0.101. The zero-order chi connectivity index (χ0) is 24.9. The van der Waals surface area contributed by atoms with Crippen molar-refractivity contribution < 1.29 is 18.7 Å². The van der Waals surface area contributed by atoms with Gasteiger partial charge in [-0.2, -0.15) is 0 Å². The first kappa shape index (κ1) is 22.9. The summed E-state index contributed by atoms with van der Waals surface area (Å²) in [4.78, 5) is 29.9. The molecule has 0 spiro atoms. The summed E-state index contributed by atoms with van der Waals surface area (Å²) in [6.45, 7) is 2.41. The first-order valence-electron chi connectivity index (χ1n) is 11.5. The number of carbonyl (C=O) groups is 2. The Hall–Kier alpha value is -4.91. The van der Waals surface area contributed by atoms with Crippen molar-refractivity contribution in [3.8, 4) is 17.2 Å². The molecular formula is C29H23N3O4. The number of nitrogens with one attached hydrogen (secondary N) is 2. The number of ether oxygens (including phenoxy) is 1. The molecule has 5 aromatic rings. The first-order chi connectivity index (χ1) is 17.6. The second-order valence-electron chi connectivity index (χ2n) is 8.01. The molecule has 0 atom stereocenters. The van der Waals surface area contributed by atoms with Gasteiger partial charge in [0, 0.05) is 28.1 Å². The molecule has 5 rings (SSSR count). The lowest BCUT2D eigenvalue weighted by atomic mass is 10.1. The molecule has 7 heteroatoms. The van der Waals surface area contributed by atoms with Crippen molar-refractivity contribution in [2.24, 2.45) is 0 Å². The number of amides is 2. The molecule has 0 unspecified atom stereocenters. The number of aromatic nitrogens is 1. The molecule has 1 heterocycles. The lowest BCUT2D eigenvalue weighted by Gasteiger charge is -2.09. The maximum Gasteiger partial charge on any atom is 0.255 e. The van der Waals surface area contributed by atoms with E-state index >= 15 is 0 Å². The van der Waals surface area contributed by atoms with Gasteiger partial charge in [-0.1, -0.05) is 24.3 Å². The van der Waals surface area contributed by atoms with E-state index in [9.17, 15) is 9.59 Å². The third kappa shape index (κ3) is 5.10. The van der Waals surface area contributed by atoms with Crippen LogP contribution in [0.2, 0.25) is 0 Å². The second kappa shape index (κ2) is 10.1. The maximum absolute atomic E-state index is 12.8. The van der Waals surface area contributed by atoms with Crippen molar-refractivity contribution in [3.05, 3.63) is 108 Å². The van der Waals surface area contributed by atoms with Gasteiger partial charge in [0.15, 0.2) is 5.58 Å². The SMILES string of the molecule is CCOc1cccc(C(=O)Nc2ccc(C(=O)Nc3cccc(-c4nc5ccccc5o4)c3)cc2)c1. The molecule has 1 aromatic heterocycles. The number of hydrogen-bond acceptors (Lipinski definition) is 5. The molecule has 2 N–H and O–H groups in total. The van der Waals surface area contributed by atoms with Crippen LogP contribution in [0, 0.1) is 0 Å². The minimum absolute atomic E-state index is 0.259. The van der Waals surface area contributed by atoms with Crippen LogP contribution in [0.15, 0.2) is 101 Å². The molecule has 0 aliphatic heterocycles. The van der Waals surface area contributed by atoms with Gasteiger partial charge in [-0.3, -0.25) is 9.59 Å². The Morgan fingerprint density at radius 1 is 0.778 bits per heavy atom. The van der Waals surface area contributed by atoms with E-state index in [1.54, 1.807) is 54.6 Å². The minimum Gasteiger partial charge on any atom is -0.494 e. The third-order valence-corrected chi connectivity index (χ3v) is 5.47. The van der Waals surface area contributed by atoms with Crippen molar-refractivity contribution in [3.63, 3.8) is 0 Å². The van der Waals surface area contributed by atoms with Gasteiger partial charge in [0.1, 0.15) is 11.3 Å². The number of carbonyl (C=O) groups excluding carboxylic acids is 2. The fraction of sp³-hybridized carbons (Fsp3) is 0.0690. The molecule has 0 radical (unpaired) electrons. The van der Waals surface area contributed by atoms with Crippen LogP contribution in [0.1, 0.15) is 27.6 Å². The number of para-hydroxylation sites is 2. The average Bonchev–Trinajstić information content (AvgIpc) is 3.34. The molecule has 2 amide bonds. The quantitative estimate of drug-likeness (QED) is 0.283. The van der Waals surface area contributed by atoms with E-state index in [0.29, 0.717) is 46.3 Å². The van der Waals surface area contributed by atoms with Gasteiger partial charge < -0.3 is 19.8 Å². The Morgan fingerprint density at radius 3 is 2.33 bits per heavy atom. The van der Waals surface area contributed by atoms with Crippen LogP contribution in [-0.2, 0) is 0 Å². The summed E-state index contributed by atoms with van der Waals surface area (Å²) in [7, 11) is 0. The Labute approximate surface area is 207 Å². The van der Waals surface area contributed by atoms with Crippen LogP contribution < -0.4 is 15.4 Å². The minimum atomic E-state index is -0.271. The van der Waals surface area contributed by atoms with Gasteiger partial charge in [-0.15, -0.1) is 0 Å². The fourth-order valence-electron chi connectivity index (χ4n) is 3.73. The molecule has 36 heavy (non-hydrogen) atoms. The van der Waals surface area contributed by atoms with Crippen LogP contribution >= 0.6 is 0 Å². The van der Waals surface area contributed by atoms with E-state index in [1.165, 1.54) is 0 Å². The molecule has 0 aliphatic carbocycles. The largest absolute Gasteiger partial charge is 0.494 e. The Kier molecular flexibility index (Phi) is 6.44. The molecule has 0 saturated carbocycles. The van der Waals surface area contributed by atoms with Gasteiger partial charge in [-0.05, 0) is 79.7 Å². The van der Waals surface area contributed by atoms with E-state index < -0.39 is 0 Å². The fourth-order valence-corrected chi connectivity index (χ4v) is 3.73. The normalized spacial score (nSPS) is 10.7. The smallest absolute Gasteiger partial charge is 0.255 e. The van der Waals surface area contributed by atoms with E-state index in [4.69, 9.17) is 9.15 Å². The van der Waals surface area contributed by atoms with Crippen LogP contribution in [-0.4, -0.2) is 23.4 Å². The summed E-state index contributed by atoms with van der Waals surface area (Å²) in [6, 6.07) is 28.5. The summed E-state index contributed by atoms with van der Waals surface area (Å²) in [5, 5.41) is 5.73. The predicted octanol–water partition coefficient (Wildman–Crippen LogP) is 6.40. The van der Waals surface area contributed by atoms with Gasteiger partial charge in [0.25, 0.3) is 11.8 Å². The van der Waals surface area contributed by atoms with Crippen LogP contribution in [0.3, 0.4) is 0 Å². The molecule has 0 fully saturated rings. The molecular weight excluding hydrogens is 454 g/mol. The summed E-state index contributed by atoms with van der Waals surface area (Å²) in [6.07, 6.45) is 0. The van der Waals surface area contributed by atoms with Crippen molar-refractivity contribution in [1.82, 2.24) is 4.98 Å². The first-order valence-corrected chi connectivity index (χ1v) is 11.5. The highest BCUT2D eigenvalue weighted by Gasteiger charge is 2.12. The van der Waals surface area contributed by atoms with E-state index in [1.807, 2.05) is 49.4 Å². The average molecular weight is 478 g/mol. The summed E-state index contributed by atoms with van der Waals surface area (Å²) in [5.74, 6) is 0.591. The number of rotatable bonds is 7. The number of benzene rings is 4. The highest BCUT2D eigenvalue weighted by atomic mass is 16.5. The maximum atomic E-state index is 12.8. The van der Waals surface area contributed by atoms with Crippen molar-refractivity contribution in [2.75, 3.05) is 17.2 Å².